The third-order valence-electron chi connectivity index (χ3n) is 2.19. The zero-order valence-corrected chi connectivity index (χ0v) is 15.1. The number of furan rings is 1. The van der Waals surface area contributed by atoms with Gasteiger partial charge in [0.1, 0.15) is 11.2 Å². The summed E-state index contributed by atoms with van der Waals surface area (Å²) in [5.74, 6) is -1.17. The summed E-state index contributed by atoms with van der Waals surface area (Å²) in [7, 11) is 0. The van der Waals surface area contributed by atoms with Crippen molar-refractivity contribution in [2.75, 3.05) is 0 Å². The number of nitrogens with one attached hydrogen (secondary N) is 2. The van der Waals surface area contributed by atoms with Gasteiger partial charge in [0.25, 0.3) is 5.91 Å². The van der Waals surface area contributed by atoms with Crippen LogP contribution in [0.1, 0.15) is 52.1 Å². The second-order valence-electron chi connectivity index (χ2n) is 7.00. The molecule has 0 unspecified atom stereocenters. The van der Waals surface area contributed by atoms with Gasteiger partial charge in [0, 0.05) is 0 Å². The fourth-order valence-electron chi connectivity index (χ4n) is 1.44. The van der Waals surface area contributed by atoms with Crippen molar-refractivity contribution in [1.29, 1.82) is 0 Å². The van der Waals surface area contributed by atoms with Crippen LogP contribution >= 0.6 is 0 Å². The van der Waals surface area contributed by atoms with Crippen LogP contribution in [0.4, 0.5) is 9.59 Å². The number of hydrogen-bond donors (Lipinski definition) is 2. The molecule has 0 spiro atoms. The van der Waals surface area contributed by atoms with Crippen LogP contribution in [-0.4, -0.2) is 35.3 Å². The molecule has 0 saturated heterocycles. The highest BCUT2D eigenvalue weighted by Crippen LogP contribution is 2.09. The van der Waals surface area contributed by atoms with E-state index in [4.69, 9.17) is 13.9 Å². The molecule has 1 heterocycles. The molecular weight excluding hydrogens is 330 g/mol. The number of rotatable bonds is 1. The number of nitrogens with zero attached hydrogens (tertiary/aromatic N) is 1. The average molecular weight is 353 g/mol. The summed E-state index contributed by atoms with van der Waals surface area (Å²) < 4.78 is 15.0. The summed E-state index contributed by atoms with van der Waals surface area (Å²) in [4.78, 5) is 39.3. The Morgan fingerprint density at radius 1 is 1.00 bits per heavy atom. The molecule has 2 N–H and O–H groups in total. The maximum absolute atomic E-state index is 12.0. The smallest absolute Gasteiger partial charge is 0.437 e. The molecule has 25 heavy (non-hydrogen) atoms. The maximum atomic E-state index is 12.0. The van der Waals surface area contributed by atoms with E-state index < -0.39 is 35.3 Å². The van der Waals surface area contributed by atoms with Gasteiger partial charge in [-0.3, -0.25) is 15.4 Å². The van der Waals surface area contributed by atoms with Gasteiger partial charge in [-0.05, 0) is 53.7 Å². The van der Waals surface area contributed by atoms with Crippen molar-refractivity contribution in [2.24, 2.45) is 4.99 Å². The van der Waals surface area contributed by atoms with Crippen LogP contribution in [0.5, 0.6) is 0 Å². The molecule has 0 aliphatic carbocycles. The second-order valence-corrected chi connectivity index (χ2v) is 7.00. The minimum atomic E-state index is -0.988. The topological polar surface area (TPSA) is 119 Å². The number of hydrogen-bond acceptors (Lipinski definition) is 6. The van der Waals surface area contributed by atoms with Crippen molar-refractivity contribution in [3.8, 4) is 0 Å². The molecule has 138 valence electrons. The van der Waals surface area contributed by atoms with Crippen LogP contribution in [0, 0.1) is 0 Å². The first-order valence-corrected chi connectivity index (χ1v) is 7.52. The molecular formula is C16H23N3O6. The first kappa shape index (κ1) is 20.2. The summed E-state index contributed by atoms with van der Waals surface area (Å²) in [6, 6.07) is 2.93. The van der Waals surface area contributed by atoms with Gasteiger partial charge in [0.2, 0.25) is 5.96 Å². The number of carbonyl (C=O) groups excluding carboxylic acids is 3. The Labute approximate surface area is 145 Å². The van der Waals surface area contributed by atoms with E-state index in [2.05, 4.69) is 15.6 Å². The van der Waals surface area contributed by atoms with Crippen LogP contribution in [0.2, 0.25) is 0 Å². The summed E-state index contributed by atoms with van der Waals surface area (Å²) in [6.45, 7) is 9.96. The molecule has 1 rings (SSSR count). The quantitative estimate of drug-likeness (QED) is 0.592. The van der Waals surface area contributed by atoms with Crippen LogP contribution in [0.3, 0.4) is 0 Å². The van der Waals surface area contributed by atoms with Crippen LogP contribution < -0.4 is 10.6 Å². The lowest BCUT2D eigenvalue weighted by Gasteiger charge is -2.20. The monoisotopic (exact) mass is 353 g/mol. The standard InChI is InChI=1S/C16H23N3O6/c1-15(2,3)24-13(21)18-12(19-14(22)25-16(4,5)6)17-11(20)10-8-7-9-23-10/h7-9H,1-6H3,(H2,17,18,19,20,21,22). The SMILES string of the molecule is CC(C)(C)OC(=O)N=C(NC(=O)OC(C)(C)C)NC(=O)c1ccco1. The lowest BCUT2D eigenvalue weighted by molar-refractivity contribution is 0.0561. The van der Waals surface area contributed by atoms with Gasteiger partial charge in [-0.1, -0.05) is 0 Å². The van der Waals surface area contributed by atoms with Gasteiger partial charge in [-0.25, -0.2) is 9.59 Å². The first-order chi connectivity index (χ1) is 11.4. The van der Waals surface area contributed by atoms with E-state index >= 15 is 0 Å². The van der Waals surface area contributed by atoms with E-state index in [-0.39, 0.29) is 5.76 Å². The van der Waals surface area contributed by atoms with Gasteiger partial charge in [0.15, 0.2) is 5.76 Å². The van der Waals surface area contributed by atoms with Crippen molar-refractivity contribution < 1.29 is 28.3 Å². The zero-order chi connectivity index (χ0) is 19.3. The van der Waals surface area contributed by atoms with E-state index in [1.807, 2.05) is 0 Å². The lowest BCUT2D eigenvalue weighted by Crippen LogP contribution is -2.46. The molecule has 0 radical (unpaired) electrons. The Kier molecular flexibility index (Phi) is 6.32. The Morgan fingerprint density at radius 3 is 2.08 bits per heavy atom. The van der Waals surface area contributed by atoms with E-state index in [9.17, 15) is 14.4 Å². The normalized spacial score (nSPS) is 12.3. The minimum absolute atomic E-state index is 0.0251. The van der Waals surface area contributed by atoms with E-state index in [0.29, 0.717) is 0 Å². The Morgan fingerprint density at radius 2 is 1.60 bits per heavy atom. The molecule has 0 saturated carbocycles. The van der Waals surface area contributed by atoms with Gasteiger partial charge >= 0.3 is 12.2 Å². The van der Waals surface area contributed by atoms with Gasteiger partial charge in [-0.15, -0.1) is 4.99 Å². The highest BCUT2D eigenvalue weighted by atomic mass is 16.6. The van der Waals surface area contributed by atoms with Gasteiger partial charge < -0.3 is 13.9 Å². The summed E-state index contributed by atoms with van der Waals surface area (Å²) in [6.07, 6.45) is -0.575. The van der Waals surface area contributed by atoms with Crippen molar-refractivity contribution >= 4 is 24.1 Å². The van der Waals surface area contributed by atoms with Crippen LogP contribution in [-0.2, 0) is 9.47 Å². The third kappa shape index (κ3) is 8.54. The van der Waals surface area contributed by atoms with Crippen LogP contribution in [0.25, 0.3) is 0 Å². The van der Waals surface area contributed by atoms with Gasteiger partial charge in [-0.2, -0.15) is 0 Å². The lowest BCUT2D eigenvalue weighted by atomic mass is 10.2. The van der Waals surface area contributed by atoms with Gasteiger partial charge in [0.05, 0.1) is 6.26 Å². The highest BCUT2D eigenvalue weighted by Gasteiger charge is 2.22. The van der Waals surface area contributed by atoms with Crippen molar-refractivity contribution in [1.82, 2.24) is 10.6 Å². The number of carbonyl (C=O) groups is 3. The number of guanidine groups is 1. The average Bonchev–Trinajstić information content (AvgIpc) is 2.86. The Balaban J connectivity index is 2.91. The molecule has 0 fully saturated rings. The molecule has 0 aliphatic heterocycles. The van der Waals surface area contributed by atoms with Crippen molar-refractivity contribution in [3.05, 3.63) is 24.2 Å². The maximum Gasteiger partial charge on any atom is 0.437 e. The molecule has 0 aromatic carbocycles. The molecule has 9 heteroatoms. The largest absolute Gasteiger partial charge is 0.459 e. The highest BCUT2D eigenvalue weighted by molar-refractivity contribution is 6.10. The Bertz CT molecular complexity index is 650. The third-order valence-corrected chi connectivity index (χ3v) is 2.19. The summed E-state index contributed by atoms with van der Waals surface area (Å²) >= 11 is 0. The predicted octanol–water partition coefficient (Wildman–Crippen LogP) is 2.83. The molecule has 1 aromatic heterocycles. The van der Waals surface area contributed by atoms with E-state index in [1.54, 1.807) is 41.5 Å². The second kappa shape index (κ2) is 7.82. The minimum Gasteiger partial charge on any atom is -0.459 e. The number of alkyl carbamates (subject to hydrolysis) is 1. The fourth-order valence-corrected chi connectivity index (χ4v) is 1.44. The van der Waals surface area contributed by atoms with E-state index in [1.165, 1.54) is 18.4 Å². The van der Waals surface area contributed by atoms with Crippen molar-refractivity contribution in [3.63, 3.8) is 0 Å². The van der Waals surface area contributed by atoms with E-state index in [0.717, 1.165) is 0 Å². The molecule has 0 aliphatic rings. The zero-order valence-electron chi connectivity index (χ0n) is 15.1. The summed E-state index contributed by atoms with van der Waals surface area (Å²) in [5.41, 5.74) is -1.56. The first-order valence-electron chi connectivity index (χ1n) is 7.52. The predicted molar refractivity (Wildman–Crippen MR) is 89.2 cm³/mol. The Hall–Kier alpha value is -2.84. The molecule has 3 amide bonds. The number of aliphatic imine (C=N–C) groups is 1. The van der Waals surface area contributed by atoms with Crippen LogP contribution in [0.15, 0.2) is 27.8 Å². The number of ether oxygens (including phenoxy) is 2. The fraction of sp³-hybridized carbons (Fsp3) is 0.500. The van der Waals surface area contributed by atoms with Crippen molar-refractivity contribution in [2.45, 2.75) is 52.7 Å². The molecule has 9 nitrogen and oxygen atoms in total. The molecule has 0 bridgehead atoms. The molecule has 1 aromatic rings. The molecule has 0 atom stereocenters. The summed E-state index contributed by atoms with van der Waals surface area (Å²) in [5, 5.41) is 4.45. The number of amides is 3.